The molecule has 1 aromatic heterocycles. The van der Waals surface area contributed by atoms with Crippen LogP contribution < -0.4 is 15.6 Å². The third kappa shape index (κ3) is 4.78. The number of hydrogen-bond donors (Lipinski definition) is 1. The summed E-state index contributed by atoms with van der Waals surface area (Å²) in [4.78, 5) is 28.8. The van der Waals surface area contributed by atoms with E-state index in [9.17, 15) is 9.59 Å². The molecule has 2 aromatic carbocycles. The number of hydrogen-bond acceptors (Lipinski definition) is 4. The SMILES string of the molecule is CCOc1ccc(-c2cc(=O)n(CCNC(=O)c3ccccc3Cl)cn2)cc1. The number of nitrogens with zero attached hydrogens (tertiary/aromatic N) is 2. The van der Waals surface area contributed by atoms with E-state index in [1.165, 1.54) is 17.0 Å². The second-order valence-corrected chi connectivity index (χ2v) is 6.41. The number of nitrogens with one attached hydrogen (secondary N) is 1. The predicted molar refractivity (Wildman–Crippen MR) is 109 cm³/mol. The molecule has 1 amide bonds. The fourth-order valence-electron chi connectivity index (χ4n) is 2.67. The van der Waals surface area contributed by atoms with E-state index >= 15 is 0 Å². The molecule has 0 atom stereocenters. The molecule has 6 nitrogen and oxygen atoms in total. The minimum absolute atomic E-state index is 0.189. The Morgan fingerprint density at radius 2 is 1.93 bits per heavy atom. The fraction of sp³-hybridized carbons (Fsp3) is 0.190. The van der Waals surface area contributed by atoms with Gasteiger partial charge in [0.05, 0.1) is 29.2 Å². The first-order chi connectivity index (χ1) is 13.6. The molecule has 0 spiro atoms. The Kier molecular flexibility index (Phi) is 6.45. The fourth-order valence-corrected chi connectivity index (χ4v) is 2.89. The molecule has 0 aliphatic carbocycles. The van der Waals surface area contributed by atoms with Gasteiger partial charge in [-0.3, -0.25) is 14.2 Å². The van der Waals surface area contributed by atoms with Crippen LogP contribution in [0.15, 0.2) is 65.7 Å². The zero-order valence-electron chi connectivity index (χ0n) is 15.4. The molecule has 0 saturated carbocycles. The molecule has 0 fully saturated rings. The summed E-state index contributed by atoms with van der Waals surface area (Å²) in [7, 11) is 0. The number of aromatic nitrogens is 2. The van der Waals surface area contributed by atoms with Gasteiger partial charge in [-0.1, -0.05) is 23.7 Å². The van der Waals surface area contributed by atoms with Crippen molar-refractivity contribution in [2.75, 3.05) is 13.2 Å². The van der Waals surface area contributed by atoms with Crippen LogP contribution in [-0.2, 0) is 6.54 Å². The molecule has 3 rings (SSSR count). The summed E-state index contributed by atoms with van der Waals surface area (Å²) >= 11 is 6.01. The van der Waals surface area contributed by atoms with Crippen LogP contribution in [0.25, 0.3) is 11.3 Å². The van der Waals surface area contributed by atoms with Crippen LogP contribution in [0.4, 0.5) is 0 Å². The highest BCUT2D eigenvalue weighted by atomic mass is 35.5. The molecule has 1 N–H and O–H groups in total. The maximum atomic E-state index is 12.3. The number of carbonyl (C=O) groups is 1. The van der Waals surface area contributed by atoms with Gasteiger partial charge in [-0.15, -0.1) is 0 Å². The Bertz CT molecular complexity index is 1020. The summed E-state index contributed by atoms with van der Waals surface area (Å²) in [5.41, 5.74) is 1.63. The molecule has 0 saturated heterocycles. The summed E-state index contributed by atoms with van der Waals surface area (Å²) in [6.45, 7) is 3.12. The van der Waals surface area contributed by atoms with Crippen LogP contribution in [0.5, 0.6) is 5.75 Å². The molecular weight excluding hydrogens is 378 g/mol. The first kappa shape index (κ1) is 19.6. The van der Waals surface area contributed by atoms with Crippen LogP contribution in [0, 0.1) is 0 Å². The Labute approximate surface area is 167 Å². The van der Waals surface area contributed by atoms with Crippen LogP contribution >= 0.6 is 11.6 Å². The summed E-state index contributed by atoms with van der Waals surface area (Å²) in [6.07, 6.45) is 1.48. The van der Waals surface area contributed by atoms with Crippen LogP contribution in [0.1, 0.15) is 17.3 Å². The minimum atomic E-state index is -0.280. The number of ether oxygens (including phenoxy) is 1. The average Bonchev–Trinajstić information content (AvgIpc) is 2.70. The molecule has 3 aromatic rings. The van der Waals surface area contributed by atoms with Gasteiger partial charge in [-0.2, -0.15) is 0 Å². The highest BCUT2D eigenvalue weighted by molar-refractivity contribution is 6.33. The maximum absolute atomic E-state index is 12.3. The third-order valence-electron chi connectivity index (χ3n) is 4.10. The Morgan fingerprint density at radius 1 is 1.18 bits per heavy atom. The molecule has 28 heavy (non-hydrogen) atoms. The van der Waals surface area contributed by atoms with Gasteiger partial charge in [0, 0.05) is 24.7 Å². The van der Waals surface area contributed by atoms with Crippen molar-refractivity contribution in [1.29, 1.82) is 0 Å². The van der Waals surface area contributed by atoms with E-state index in [-0.39, 0.29) is 18.0 Å². The van der Waals surface area contributed by atoms with Crippen molar-refractivity contribution in [3.63, 3.8) is 0 Å². The van der Waals surface area contributed by atoms with Crippen molar-refractivity contribution in [3.05, 3.63) is 81.9 Å². The van der Waals surface area contributed by atoms with Crippen molar-refractivity contribution in [1.82, 2.24) is 14.9 Å². The molecule has 0 unspecified atom stereocenters. The standard InChI is InChI=1S/C21H20ClN3O3/c1-2-28-16-9-7-15(8-10-16)19-13-20(26)25(14-24-19)12-11-23-21(27)17-5-3-4-6-18(17)22/h3-10,13-14H,2,11-12H2,1H3,(H,23,27). The summed E-state index contributed by atoms with van der Waals surface area (Å²) < 4.78 is 6.86. The van der Waals surface area contributed by atoms with Gasteiger partial charge >= 0.3 is 0 Å². The summed E-state index contributed by atoms with van der Waals surface area (Å²) in [5, 5.41) is 3.14. The number of benzene rings is 2. The molecule has 1 heterocycles. The highest BCUT2D eigenvalue weighted by Crippen LogP contribution is 2.19. The topological polar surface area (TPSA) is 73.2 Å². The lowest BCUT2D eigenvalue weighted by atomic mass is 10.1. The number of amides is 1. The van der Waals surface area contributed by atoms with Crippen LogP contribution in [0.2, 0.25) is 5.02 Å². The monoisotopic (exact) mass is 397 g/mol. The smallest absolute Gasteiger partial charge is 0.253 e. The van der Waals surface area contributed by atoms with Gasteiger partial charge in [0.1, 0.15) is 5.75 Å². The highest BCUT2D eigenvalue weighted by Gasteiger charge is 2.09. The maximum Gasteiger partial charge on any atom is 0.253 e. The van der Waals surface area contributed by atoms with Crippen molar-refractivity contribution in [2.45, 2.75) is 13.5 Å². The van der Waals surface area contributed by atoms with Gasteiger partial charge in [-0.25, -0.2) is 4.98 Å². The Morgan fingerprint density at radius 3 is 2.61 bits per heavy atom. The van der Waals surface area contributed by atoms with Gasteiger partial charge in [-0.05, 0) is 43.3 Å². The lowest BCUT2D eigenvalue weighted by Crippen LogP contribution is -2.31. The molecule has 0 aliphatic heterocycles. The van der Waals surface area contributed by atoms with E-state index in [1.807, 2.05) is 31.2 Å². The van der Waals surface area contributed by atoms with Gasteiger partial charge in [0.15, 0.2) is 0 Å². The molecular formula is C21H20ClN3O3. The van der Waals surface area contributed by atoms with Crippen LogP contribution in [0.3, 0.4) is 0 Å². The van der Waals surface area contributed by atoms with Crippen molar-refractivity contribution >= 4 is 17.5 Å². The largest absolute Gasteiger partial charge is 0.494 e. The molecule has 0 aliphatic rings. The van der Waals surface area contributed by atoms with E-state index in [0.717, 1.165) is 11.3 Å². The molecule has 144 valence electrons. The lowest BCUT2D eigenvalue weighted by Gasteiger charge is -2.09. The second kappa shape index (κ2) is 9.19. The van der Waals surface area contributed by atoms with Crippen LogP contribution in [-0.4, -0.2) is 28.6 Å². The molecule has 7 heteroatoms. The van der Waals surface area contributed by atoms with E-state index < -0.39 is 0 Å². The summed E-state index contributed by atoms with van der Waals surface area (Å²) in [6, 6.07) is 15.7. The van der Waals surface area contributed by atoms with Crippen molar-refractivity contribution in [3.8, 4) is 17.0 Å². The zero-order valence-corrected chi connectivity index (χ0v) is 16.1. The third-order valence-corrected chi connectivity index (χ3v) is 4.43. The van der Waals surface area contributed by atoms with Crippen molar-refractivity contribution in [2.24, 2.45) is 0 Å². The van der Waals surface area contributed by atoms with Gasteiger partial charge < -0.3 is 10.1 Å². The molecule has 0 bridgehead atoms. The van der Waals surface area contributed by atoms with E-state index in [0.29, 0.717) is 29.4 Å². The first-order valence-corrected chi connectivity index (χ1v) is 9.28. The average molecular weight is 398 g/mol. The predicted octanol–water partition coefficient (Wildman–Crippen LogP) is 3.39. The number of carbonyl (C=O) groups excluding carboxylic acids is 1. The van der Waals surface area contributed by atoms with E-state index in [4.69, 9.17) is 16.3 Å². The quantitative estimate of drug-likeness (QED) is 0.663. The van der Waals surface area contributed by atoms with Crippen molar-refractivity contribution < 1.29 is 9.53 Å². The Hall–Kier alpha value is -3.12. The second-order valence-electron chi connectivity index (χ2n) is 6.00. The van der Waals surface area contributed by atoms with E-state index in [2.05, 4.69) is 10.3 Å². The normalized spacial score (nSPS) is 10.5. The minimum Gasteiger partial charge on any atom is -0.494 e. The first-order valence-electron chi connectivity index (χ1n) is 8.91. The lowest BCUT2D eigenvalue weighted by molar-refractivity contribution is 0.0952. The summed E-state index contributed by atoms with van der Waals surface area (Å²) in [5.74, 6) is 0.492. The van der Waals surface area contributed by atoms with Gasteiger partial charge in [0.25, 0.3) is 11.5 Å². The van der Waals surface area contributed by atoms with E-state index in [1.54, 1.807) is 24.3 Å². The van der Waals surface area contributed by atoms with Gasteiger partial charge in [0.2, 0.25) is 0 Å². The molecule has 0 radical (unpaired) electrons. The number of halogens is 1. The Balaban J connectivity index is 1.62. The zero-order chi connectivity index (χ0) is 19.9. The number of rotatable bonds is 7.